The Morgan fingerprint density at radius 2 is 1.89 bits per heavy atom. The van der Waals surface area contributed by atoms with Crippen LogP contribution in [0.5, 0.6) is 0 Å². The third kappa shape index (κ3) is 4.99. The molecule has 1 amide bonds. The van der Waals surface area contributed by atoms with Gasteiger partial charge in [-0.2, -0.15) is 0 Å². The summed E-state index contributed by atoms with van der Waals surface area (Å²) in [5.74, 6) is 0.456. The van der Waals surface area contributed by atoms with Crippen LogP contribution < -0.4 is 15.5 Å². The Labute approximate surface area is 169 Å². The van der Waals surface area contributed by atoms with E-state index < -0.39 is 0 Å². The zero-order chi connectivity index (χ0) is 17.8. The molecule has 2 aliphatic heterocycles. The molecule has 0 spiro atoms. The van der Waals surface area contributed by atoms with Crippen LogP contribution >= 0.6 is 23.7 Å². The maximum atomic E-state index is 12.5. The minimum atomic E-state index is -0.107. The van der Waals surface area contributed by atoms with Crippen molar-refractivity contribution >= 4 is 40.5 Å². The van der Waals surface area contributed by atoms with Crippen LogP contribution in [0.3, 0.4) is 0 Å². The van der Waals surface area contributed by atoms with E-state index in [1.807, 2.05) is 30.5 Å². The maximum Gasteiger partial charge on any atom is 0.257 e. The summed E-state index contributed by atoms with van der Waals surface area (Å²) >= 11 is 1.60. The number of piperidine rings is 1. The summed E-state index contributed by atoms with van der Waals surface area (Å²) in [6.07, 6.45) is 4.19. The van der Waals surface area contributed by atoms with Gasteiger partial charge in [-0.15, -0.1) is 23.7 Å². The van der Waals surface area contributed by atoms with Gasteiger partial charge >= 0.3 is 0 Å². The molecule has 27 heavy (non-hydrogen) atoms. The minimum Gasteiger partial charge on any atom is -0.378 e. The lowest BCUT2D eigenvalue weighted by molar-refractivity contribution is 0.102. The second-order valence-corrected chi connectivity index (χ2v) is 7.75. The third-order valence-electron chi connectivity index (χ3n) is 4.99. The molecule has 0 saturated carbocycles. The predicted molar refractivity (Wildman–Crippen MR) is 112 cm³/mol. The highest BCUT2D eigenvalue weighted by atomic mass is 35.5. The number of benzene rings is 1. The van der Waals surface area contributed by atoms with E-state index >= 15 is 0 Å². The maximum absolute atomic E-state index is 12.5. The van der Waals surface area contributed by atoms with Crippen molar-refractivity contribution in [3.63, 3.8) is 0 Å². The van der Waals surface area contributed by atoms with Crippen molar-refractivity contribution < 1.29 is 9.53 Å². The summed E-state index contributed by atoms with van der Waals surface area (Å²) in [6, 6.07) is 7.76. The fourth-order valence-corrected chi connectivity index (χ4v) is 4.43. The first-order valence-corrected chi connectivity index (χ1v) is 10.0. The van der Waals surface area contributed by atoms with Crippen molar-refractivity contribution in [3.05, 3.63) is 40.9 Å². The molecule has 6 nitrogen and oxygen atoms in total. The minimum absolute atomic E-state index is 0. The van der Waals surface area contributed by atoms with E-state index in [4.69, 9.17) is 4.74 Å². The summed E-state index contributed by atoms with van der Waals surface area (Å²) in [6.45, 7) is 5.41. The molecular weight excluding hydrogens is 384 g/mol. The first kappa shape index (κ1) is 20.1. The van der Waals surface area contributed by atoms with Crippen LogP contribution in [0.25, 0.3) is 0 Å². The van der Waals surface area contributed by atoms with Crippen molar-refractivity contribution in [1.29, 1.82) is 0 Å². The molecule has 8 heteroatoms. The Morgan fingerprint density at radius 3 is 2.59 bits per heavy atom. The highest BCUT2D eigenvalue weighted by molar-refractivity contribution is 7.15. The van der Waals surface area contributed by atoms with Crippen LogP contribution in [0.2, 0.25) is 0 Å². The molecule has 1 aromatic carbocycles. The van der Waals surface area contributed by atoms with Crippen molar-refractivity contribution in [1.82, 2.24) is 10.3 Å². The van der Waals surface area contributed by atoms with E-state index in [0.29, 0.717) is 16.6 Å². The Morgan fingerprint density at radius 1 is 1.19 bits per heavy atom. The summed E-state index contributed by atoms with van der Waals surface area (Å²) in [4.78, 5) is 20.4. The van der Waals surface area contributed by atoms with Crippen molar-refractivity contribution in [2.24, 2.45) is 0 Å². The second-order valence-electron chi connectivity index (χ2n) is 6.69. The Hall–Kier alpha value is -1.67. The average molecular weight is 409 g/mol. The van der Waals surface area contributed by atoms with E-state index in [2.05, 4.69) is 20.5 Å². The molecule has 4 rings (SSSR count). The molecule has 0 bridgehead atoms. The number of amides is 1. The van der Waals surface area contributed by atoms with Crippen molar-refractivity contribution in [2.45, 2.75) is 18.8 Å². The smallest absolute Gasteiger partial charge is 0.257 e. The standard InChI is InChI=1S/C19H24N4O2S.ClH/c24-18(15-1-3-16(4-2-15)23-9-11-25-12-10-23)22-19-21-13-17(26-19)14-5-7-20-8-6-14;/h1-4,13-14,20H,5-12H2,(H,21,22,24);1H. The first-order chi connectivity index (χ1) is 12.8. The normalized spacial score (nSPS) is 18.0. The fraction of sp³-hybridized carbons (Fsp3) is 0.474. The van der Waals surface area contributed by atoms with E-state index in [1.165, 1.54) is 4.88 Å². The zero-order valence-electron chi connectivity index (χ0n) is 15.1. The van der Waals surface area contributed by atoms with Gasteiger partial charge < -0.3 is 15.0 Å². The SMILES string of the molecule is Cl.O=C(Nc1ncc(C2CCNCC2)s1)c1ccc(N2CCOCC2)cc1. The highest BCUT2D eigenvalue weighted by Crippen LogP contribution is 2.31. The van der Waals surface area contributed by atoms with Crippen molar-refractivity contribution in [2.75, 3.05) is 49.6 Å². The first-order valence-electron chi connectivity index (χ1n) is 9.20. The summed E-state index contributed by atoms with van der Waals surface area (Å²) < 4.78 is 5.38. The molecule has 3 heterocycles. The summed E-state index contributed by atoms with van der Waals surface area (Å²) in [5.41, 5.74) is 1.79. The number of morpholine rings is 1. The van der Waals surface area contributed by atoms with Gasteiger partial charge in [-0.3, -0.25) is 10.1 Å². The molecule has 0 unspecified atom stereocenters. The number of ether oxygens (including phenoxy) is 1. The second kappa shape index (κ2) is 9.50. The number of anilines is 2. The molecule has 2 fully saturated rings. The van der Waals surface area contributed by atoms with Crippen LogP contribution in [0.1, 0.15) is 34.0 Å². The van der Waals surface area contributed by atoms with Crippen LogP contribution in [-0.4, -0.2) is 50.3 Å². The molecule has 0 aliphatic carbocycles. The highest BCUT2D eigenvalue weighted by Gasteiger charge is 2.19. The van der Waals surface area contributed by atoms with Gasteiger partial charge in [0.1, 0.15) is 0 Å². The number of aromatic nitrogens is 1. The molecule has 146 valence electrons. The monoisotopic (exact) mass is 408 g/mol. The predicted octanol–water partition coefficient (Wildman–Crippen LogP) is 3.12. The molecule has 2 N–H and O–H groups in total. The van der Waals surface area contributed by atoms with Gasteiger partial charge in [0.05, 0.1) is 13.2 Å². The number of carbonyl (C=O) groups is 1. The lowest BCUT2D eigenvalue weighted by Crippen LogP contribution is -2.36. The van der Waals surface area contributed by atoms with Gasteiger partial charge in [-0.25, -0.2) is 4.98 Å². The van der Waals surface area contributed by atoms with Crippen LogP contribution in [0, 0.1) is 0 Å². The molecular formula is C19H25ClN4O2S. The number of thiazole rings is 1. The number of carbonyl (C=O) groups excluding carboxylic acids is 1. The van der Waals surface area contributed by atoms with Gasteiger partial charge in [0.25, 0.3) is 5.91 Å². The van der Waals surface area contributed by atoms with E-state index in [9.17, 15) is 4.79 Å². The number of hydrogen-bond acceptors (Lipinski definition) is 6. The van der Waals surface area contributed by atoms with Gasteiger partial charge in [0.15, 0.2) is 5.13 Å². The third-order valence-corrected chi connectivity index (χ3v) is 6.07. The van der Waals surface area contributed by atoms with E-state index in [0.717, 1.165) is 57.9 Å². The summed E-state index contributed by atoms with van der Waals surface area (Å²) in [7, 11) is 0. The Bertz CT molecular complexity index is 740. The van der Waals surface area contributed by atoms with E-state index in [-0.39, 0.29) is 18.3 Å². The van der Waals surface area contributed by atoms with Crippen LogP contribution in [0.15, 0.2) is 30.5 Å². The van der Waals surface area contributed by atoms with Crippen LogP contribution in [-0.2, 0) is 4.74 Å². The number of rotatable bonds is 4. The number of halogens is 1. The lowest BCUT2D eigenvalue weighted by atomic mass is 9.97. The lowest BCUT2D eigenvalue weighted by Gasteiger charge is -2.28. The molecule has 0 radical (unpaired) electrons. The fourth-order valence-electron chi connectivity index (χ4n) is 3.45. The van der Waals surface area contributed by atoms with Gasteiger partial charge in [0.2, 0.25) is 0 Å². The molecule has 1 aromatic heterocycles. The van der Waals surface area contributed by atoms with Crippen LogP contribution in [0.4, 0.5) is 10.8 Å². The summed E-state index contributed by atoms with van der Waals surface area (Å²) in [5, 5.41) is 6.99. The molecule has 2 saturated heterocycles. The molecule has 2 aromatic rings. The Kier molecular flexibility index (Phi) is 7.07. The van der Waals surface area contributed by atoms with Gasteiger partial charge in [-0.05, 0) is 56.1 Å². The van der Waals surface area contributed by atoms with Gasteiger partial charge in [0, 0.05) is 35.4 Å². The average Bonchev–Trinajstić information content (AvgIpc) is 3.18. The quantitative estimate of drug-likeness (QED) is 0.813. The van der Waals surface area contributed by atoms with Gasteiger partial charge in [-0.1, -0.05) is 0 Å². The number of nitrogens with one attached hydrogen (secondary N) is 2. The van der Waals surface area contributed by atoms with Crippen molar-refractivity contribution in [3.8, 4) is 0 Å². The zero-order valence-corrected chi connectivity index (χ0v) is 16.8. The molecule has 0 atom stereocenters. The largest absolute Gasteiger partial charge is 0.378 e. The Balaban J connectivity index is 0.00000210. The topological polar surface area (TPSA) is 66.5 Å². The molecule has 2 aliphatic rings. The number of hydrogen-bond donors (Lipinski definition) is 2. The number of nitrogens with zero attached hydrogens (tertiary/aromatic N) is 2. The van der Waals surface area contributed by atoms with E-state index in [1.54, 1.807) is 11.3 Å².